The third-order valence-electron chi connectivity index (χ3n) is 9.34. The van der Waals surface area contributed by atoms with E-state index in [2.05, 4.69) is 27.7 Å². The number of ether oxygens (including phenoxy) is 1. The van der Waals surface area contributed by atoms with Crippen LogP contribution in [0.3, 0.4) is 0 Å². The zero-order valence-corrected chi connectivity index (χ0v) is 26.3. The van der Waals surface area contributed by atoms with Gasteiger partial charge in [-0.1, -0.05) is 18.9 Å². The molecule has 1 aromatic heterocycles. The van der Waals surface area contributed by atoms with Gasteiger partial charge in [-0.05, 0) is 80.0 Å². The van der Waals surface area contributed by atoms with Gasteiger partial charge in [0.05, 0.1) is 12.8 Å². The number of likely N-dealkylation sites (tertiary alicyclic amines) is 2. The summed E-state index contributed by atoms with van der Waals surface area (Å²) in [6.07, 6.45) is 7.80. The summed E-state index contributed by atoms with van der Waals surface area (Å²) >= 11 is 1.38. The van der Waals surface area contributed by atoms with Gasteiger partial charge in [0.25, 0.3) is 11.8 Å². The van der Waals surface area contributed by atoms with E-state index >= 15 is 0 Å². The van der Waals surface area contributed by atoms with Crippen molar-refractivity contribution in [2.45, 2.75) is 69.9 Å². The molecule has 2 N–H and O–H groups in total. The smallest absolute Gasteiger partial charge is 0.257 e. The molecule has 1 aliphatic carbocycles. The standard InChI is InChI=1S/C34H41N5O4S/c1-22(40)35-27-13-16-39(20-27)28-14-17-38(18-15-28)33(42)25-9-7-24(8-10-25)32(41)37-34-36-30(21-44-34)29-19-26(11-12-31(29)43-2)23-5-3-4-6-23/h7-12,19,21,23,27-28H,3-6,13-18,20H2,1-2H3,(H,35,40)(H,36,37,41). The molecule has 0 bridgehead atoms. The molecule has 9 nitrogen and oxygen atoms in total. The van der Waals surface area contributed by atoms with Crippen molar-refractivity contribution in [3.05, 3.63) is 64.5 Å². The minimum atomic E-state index is -0.263. The van der Waals surface area contributed by atoms with E-state index in [1.54, 1.807) is 38.3 Å². The highest BCUT2D eigenvalue weighted by Crippen LogP contribution is 2.39. The normalized spacial score (nSPS) is 19.7. The van der Waals surface area contributed by atoms with Gasteiger partial charge < -0.3 is 15.0 Å². The van der Waals surface area contributed by atoms with Crippen LogP contribution in [0, 0.1) is 0 Å². The molecule has 1 atom stereocenters. The summed E-state index contributed by atoms with van der Waals surface area (Å²) in [4.78, 5) is 46.7. The average Bonchev–Trinajstić information content (AvgIpc) is 3.84. The van der Waals surface area contributed by atoms with E-state index in [9.17, 15) is 14.4 Å². The van der Waals surface area contributed by atoms with Gasteiger partial charge in [0, 0.05) is 67.3 Å². The molecule has 3 heterocycles. The van der Waals surface area contributed by atoms with Crippen LogP contribution in [-0.2, 0) is 4.79 Å². The van der Waals surface area contributed by atoms with Gasteiger partial charge in [-0.2, -0.15) is 0 Å². The first-order chi connectivity index (χ1) is 21.4. The number of piperidine rings is 1. The number of nitrogens with zero attached hydrogens (tertiary/aromatic N) is 3. The maximum absolute atomic E-state index is 13.2. The Morgan fingerprint density at radius 3 is 2.36 bits per heavy atom. The van der Waals surface area contributed by atoms with Crippen LogP contribution in [-0.4, -0.2) is 77.9 Å². The van der Waals surface area contributed by atoms with Gasteiger partial charge >= 0.3 is 0 Å². The molecular weight excluding hydrogens is 574 g/mol. The first-order valence-electron chi connectivity index (χ1n) is 15.7. The lowest BCUT2D eigenvalue weighted by atomic mass is 9.95. The lowest BCUT2D eigenvalue weighted by molar-refractivity contribution is -0.119. The van der Waals surface area contributed by atoms with Crippen LogP contribution in [0.25, 0.3) is 11.3 Å². The third-order valence-corrected chi connectivity index (χ3v) is 10.1. The van der Waals surface area contributed by atoms with Crippen molar-refractivity contribution in [1.82, 2.24) is 20.1 Å². The third kappa shape index (κ3) is 6.81. The molecule has 3 amide bonds. The van der Waals surface area contributed by atoms with Crippen molar-refractivity contribution in [3.63, 3.8) is 0 Å². The number of carbonyl (C=O) groups is 3. The zero-order chi connectivity index (χ0) is 30.6. The number of aromatic nitrogens is 1. The molecule has 232 valence electrons. The summed E-state index contributed by atoms with van der Waals surface area (Å²) in [5, 5.41) is 8.41. The highest BCUT2D eigenvalue weighted by atomic mass is 32.1. The molecule has 10 heteroatoms. The number of benzene rings is 2. The molecule has 3 aliphatic rings. The van der Waals surface area contributed by atoms with Crippen LogP contribution in [0.1, 0.15) is 84.1 Å². The number of hydrogen-bond acceptors (Lipinski definition) is 7. The van der Waals surface area contributed by atoms with Gasteiger partial charge in [0.15, 0.2) is 5.13 Å². The van der Waals surface area contributed by atoms with E-state index in [0.717, 1.165) is 49.4 Å². The molecule has 0 spiro atoms. The van der Waals surface area contributed by atoms with Crippen LogP contribution in [0.2, 0.25) is 0 Å². The van der Waals surface area contributed by atoms with Gasteiger partial charge in [-0.15, -0.1) is 11.3 Å². The van der Waals surface area contributed by atoms with Crippen LogP contribution in [0.15, 0.2) is 47.8 Å². The van der Waals surface area contributed by atoms with E-state index in [4.69, 9.17) is 9.72 Å². The second-order valence-corrected chi connectivity index (χ2v) is 13.1. The van der Waals surface area contributed by atoms with Gasteiger partial charge in [-0.3, -0.25) is 24.6 Å². The Hall–Kier alpha value is -3.76. The van der Waals surface area contributed by atoms with E-state index in [-0.39, 0.29) is 23.8 Å². The second-order valence-electron chi connectivity index (χ2n) is 12.2. The highest BCUT2D eigenvalue weighted by Gasteiger charge is 2.32. The van der Waals surface area contributed by atoms with Crippen LogP contribution in [0.4, 0.5) is 5.13 Å². The minimum absolute atomic E-state index is 0.00806. The summed E-state index contributed by atoms with van der Waals surface area (Å²) in [5.41, 5.74) is 4.09. The fourth-order valence-electron chi connectivity index (χ4n) is 6.97. The number of amides is 3. The zero-order valence-electron chi connectivity index (χ0n) is 25.5. The fraction of sp³-hybridized carbons (Fsp3) is 0.471. The van der Waals surface area contributed by atoms with Gasteiger partial charge in [-0.25, -0.2) is 4.98 Å². The molecule has 2 aromatic carbocycles. The monoisotopic (exact) mass is 615 g/mol. The number of rotatable bonds is 8. The van der Waals surface area contributed by atoms with Gasteiger partial charge in [0.2, 0.25) is 5.91 Å². The van der Waals surface area contributed by atoms with E-state index in [1.165, 1.54) is 42.6 Å². The Morgan fingerprint density at radius 1 is 0.932 bits per heavy atom. The lowest BCUT2D eigenvalue weighted by Gasteiger charge is -2.36. The summed E-state index contributed by atoms with van der Waals surface area (Å²) in [7, 11) is 1.67. The molecule has 3 aromatic rings. The first kappa shape index (κ1) is 30.3. The van der Waals surface area contributed by atoms with Gasteiger partial charge in [0.1, 0.15) is 5.75 Å². The van der Waals surface area contributed by atoms with Crippen LogP contribution >= 0.6 is 11.3 Å². The Kier molecular flexibility index (Phi) is 9.28. The molecule has 44 heavy (non-hydrogen) atoms. The van der Waals surface area contributed by atoms with Crippen molar-refractivity contribution in [2.75, 3.05) is 38.6 Å². The molecule has 1 unspecified atom stereocenters. The molecule has 6 rings (SSSR count). The number of methoxy groups -OCH3 is 1. The van der Waals surface area contributed by atoms with E-state index in [1.807, 2.05) is 16.3 Å². The fourth-order valence-corrected chi connectivity index (χ4v) is 7.67. The van der Waals surface area contributed by atoms with E-state index < -0.39 is 0 Å². The molecular formula is C34H41N5O4S. The van der Waals surface area contributed by atoms with Crippen LogP contribution < -0.4 is 15.4 Å². The molecule has 1 saturated carbocycles. The van der Waals surface area contributed by atoms with Crippen molar-refractivity contribution in [1.29, 1.82) is 0 Å². The number of thiazole rings is 1. The molecule has 2 aliphatic heterocycles. The molecule has 2 saturated heterocycles. The quantitative estimate of drug-likeness (QED) is 0.345. The van der Waals surface area contributed by atoms with Crippen molar-refractivity contribution < 1.29 is 19.1 Å². The number of hydrogen-bond donors (Lipinski definition) is 2. The Morgan fingerprint density at radius 2 is 1.66 bits per heavy atom. The SMILES string of the molecule is COc1ccc(C2CCCC2)cc1-c1csc(NC(=O)c2ccc(C(=O)N3CCC(N4CCC(NC(C)=O)C4)CC3)cc2)n1. The number of anilines is 1. The average molecular weight is 616 g/mol. The number of nitrogens with one attached hydrogen (secondary N) is 2. The maximum atomic E-state index is 13.2. The first-order valence-corrected chi connectivity index (χ1v) is 16.6. The van der Waals surface area contributed by atoms with Crippen molar-refractivity contribution in [2.24, 2.45) is 0 Å². The number of carbonyl (C=O) groups excluding carboxylic acids is 3. The lowest BCUT2D eigenvalue weighted by Crippen LogP contribution is -2.47. The molecule has 3 fully saturated rings. The van der Waals surface area contributed by atoms with Crippen LogP contribution in [0.5, 0.6) is 5.75 Å². The van der Waals surface area contributed by atoms with Crippen molar-refractivity contribution >= 4 is 34.2 Å². The predicted octanol–water partition coefficient (Wildman–Crippen LogP) is 5.54. The minimum Gasteiger partial charge on any atom is -0.496 e. The summed E-state index contributed by atoms with van der Waals surface area (Å²) in [5.74, 6) is 1.10. The van der Waals surface area contributed by atoms with E-state index in [0.29, 0.717) is 41.3 Å². The molecule has 0 radical (unpaired) electrons. The summed E-state index contributed by atoms with van der Waals surface area (Å²) in [6, 6.07) is 13.9. The summed E-state index contributed by atoms with van der Waals surface area (Å²) in [6.45, 7) is 4.83. The highest BCUT2D eigenvalue weighted by molar-refractivity contribution is 7.14. The topological polar surface area (TPSA) is 104 Å². The second kappa shape index (κ2) is 13.5. The summed E-state index contributed by atoms with van der Waals surface area (Å²) < 4.78 is 5.63. The largest absolute Gasteiger partial charge is 0.496 e. The Bertz CT molecular complexity index is 1490. The Balaban J connectivity index is 1.03. The van der Waals surface area contributed by atoms with Crippen molar-refractivity contribution in [3.8, 4) is 17.0 Å². The predicted molar refractivity (Wildman–Crippen MR) is 172 cm³/mol. The Labute approximate surface area is 263 Å². The maximum Gasteiger partial charge on any atom is 0.257 e.